The second kappa shape index (κ2) is 47.0. The van der Waals surface area contributed by atoms with E-state index in [1.807, 2.05) is 65.0 Å². The van der Waals surface area contributed by atoms with Crippen molar-refractivity contribution in [1.82, 2.24) is 9.97 Å². The van der Waals surface area contributed by atoms with E-state index in [0.29, 0.717) is 80.9 Å². The molecule has 1 fully saturated rings. The lowest BCUT2D eigenvalue weighted by Crippen LogP contribution is -2.27. The zero-order chi connectivity index (χ0) is 78.4. The van der Waals surface area contributed by atoms with Gasteiger partial charge in [-0.05, 0) is 151 Å². The second-order valence-corrected chi connectivity index (χ2v) is 28.4. The van der Waals surface area contributed by atoms with E-state index in [1.165, 1.54) is 10.9 Å². The number of benzene rings is 4. The van der Waals surface area contributed by atoms with Crippen LogP contribution in [0.2, 0.25) is 0 Å². The first-order valence-corrected chi connectivity index (χ1v) is 39.3. The molecule has 4 aromatic carbocycles. The number of hydrogen-bond acceptors (Lipinski definition) is 31. The van der Waals surface area contributed by atoms with Crippen LogP contribution in [0.1, 0.15) is 209 Å². The van der Waals surface area contributed by atoms with E-state index in [2.05, 4.69) is 95.8 Å². The lowest BCUT2D eigenvalue weighted by Gasteiger charge is -2.22. The van der Waals surface area contributed by atoms with Crippen LogP contribution >= 0.6 is 0 Å². The topological polar surface area (TPSA) is 517 Å². The largest absolute Gasteiger partial charge is 0.748 e. The van der Waals surface area contributed by atoms with E-state index in [1.54, 1.807) is 12.1 Å². The summed E-state index contributed by atoms with van der Waals surface area (Å²) in [4.78, 5) is 64.3. The number of Topliss-reactive ketones (excluding diaryl/α,β-unsaturated/α-hetero) is 4. The number of hydrogen-bond donors (Lipinski definition) is 0. The molecule has 0 N–H and O–H groups in total. The van der Waals surface area contributed by atoms with Crippen LogP contribution in [-0.4, -0.2) is 171 Å². The fraction of sp³-hybridized carbons (Fsp3) is 0.446. The second-order valence-electron chi connectivity index (χ2n) is 22.7. The smallest absolute Gasteiger partial charge is 0.425 e. The molecule has 32 nitrogen and oxygen atoms in total. The highest BCUT2D eigenvalue weighted by molar-refractivity contribution is 7.87. The minimum absolute atomic E-state index is 0. The summed E-state index contributed by atoms with van der Waals surface area (Å²) < 4.78 is 212. The quantitative estimate of drug-likeness (QED) is 0.0335. The fourth-order valence-electron chi connectivity index (χ4n) is 10.4. The van der Waals surface area contributed by atoms with Crippen molar-refractivity contribution in [1.29, 1.82) is 0 Å². The number of ketones is 4. The van der Waals surface area contributed by atoms with Crippen LogP contribution in [0.3, 0.4) is 0 Å². The molecule has 9 rings (SSSR count). The summed E-state index contributed by atoms with van der Waals surface area (Å²) >= 11 is 0. The molecule has 0 bridgehead atoms. The molecule has 6 aromatic rings. The van der Waals surface area contributed by atoms with Gasteiger partial charge < -0.3 is 4.55 Å². The molecule has 580 valence electrons. The maximum absolute atomic E-state index is 12.7. The minimum Gasteiger partial charge on any atom is -0.748 e. The molecule has 0 spiro atoms. The van der Waals surface area contributed by atoms with Gasteiger partial charge in [-0.15, -0.1) is 75.8 Å². The van der Waals surface area contributed by atoms with Crippen LogP contribution < -0.4 is 0 Å². The lowest BCUT2D eigenvalue weighted by molar-refractivity contribution is -0.438. The third-order valence-corrected chi connectivity index (χ3v) is 17.1. The van der Waals surface area contributed by atoms with Gasteiger partial charge in [-0.3, -0.25) is 28.4 Å². The predicted octanol–water partition coefficient (Wildman–Crippen LogP) is 9.07. The van der Waals surface area contributed by atoms with Gasteiger partial charge in [0.15, 0.2) is 28.8 Å². The molecule has 5 heterocycles. The van der Waals surface area contributed by atoms with E-state index in [9.17, 15) is 40.6 Å². The Morgan fingerprint density at radius 3 is 1.12 bits per heavy atom. The molecule has 0 amide bonds. The number of carbonyl (C=O) groups excluding carboxylic acids is 4. The molecule has 0 aliphatic carbocycles. The van der Waals surface area contributed by atoms with Crippen molar-refractivity contribution in [3.05, 3.63) is 119 Å². The Bertz CT molecular complexity index is 4840. The van der Waals surface area contributed by atoms with Gasteiger partial charge in [-0.1, -0.05) is 94.2 Å². The number of nitrogens with zero attached hydrogens (tertiary/aromatic N) is 4. The van der Waals surface area contributed by atoms with Gasteiger partial charge in [0.2, 0.25) is 5.69 Å². The molecule has 1 saturated heterocycles. The molecule has 0 radical (unpaired) electrons. The fourth-order valence-corrected chi connectivity index (χ4v) is 11.8. The predicted molar refractivity (Wildman–Crippen MR) is 388 cm³/mol. The molecule has 0 saturated carbocycles. The minimum atomic E-state index is -4.26. The average Bonchev–Trinajstić information content (AvgIpc) is 1.60. The molecule has 2 aromatic heterocycles. The number of pyridine rings is 2. The van der Waals surface area contributed by atoms with Crippen molar-refractivity contribution in [2.75, 3.05) is 24.7 Å². The van der Waals surface area contributed by atoms with Crippen LogP contribution in [0.5, 0.6) is 0 Å². The Labute approximate surface area is 619 Å². The molecule has 105 heavy (non-hydrogen) atoms. The standard InChI is InChI=1S/C31H36N2O5S.C28H30N2O2.C3H6O3S.3CH4.6O3S/c1-6-9-28(34)25-18-23(19-26(32-25)29(35)10-7-2)21-11-13-24-22(17-21)12-14-27-30(24)31(4,5)20(3)33(27)15-8-16-39(36,37)38;1-6-8-25(31)23-15-20(16-24(30-23)26(32)9-7-2)18-10-12-21-19(14-18)11-13-22-27(21)28(4,5)17(3)29-22;4-7(5)3-1-2-6-7;;;;6*1-4(2)3/h11-14,17-19H,6-10,15-16H2,1-5H3;10-16H,6-9H2,1-5H3;1-3H2;3*1H4;;;;;;. The molecule has 3 aliphatic rings. The summed E-state index contributed by atoms with van der Waals surface area (Å²) in [7, 11) is -26.0. The molecule has 0 atom stereocenters. The van der Waals surface area contributed by atoms with Crippen molar-refractivity contribution in [2.45, 2.75) is 167 Å². The zero-order valence-electron chi connectivity index (χ0n) is 56.5. The summed E-state index contributed by atoms with van der Waals surface area (Å²) in [5.41, 5.74) is 11.2. The third-order valence-electron chi connectivity index (χ3n) is 15.0. The monoisotopic (exact) mass is 1620 g/mol. The van der Waals surface area contributed by atoms with Gasteiger partial charge in [-0.25, -0.2) is 18.4 Å². The van der Waals surface area contributed by atoms with Crippen LogP contribution in [0.25, 0.3) is 43.8 Å². The Morgan fingerprint density at radius 2 is 0.829 bits per heavy atom. The Kier molecular flexibility index (Phi) is 44.9. The van der Waals surface area contributed by atoms with Crippen LogP contribution in [0, 0.1) is 0 Å². The normalized spacial score (nSPS) is 13.0. The van der Waals surface area contributed by atoms with Gasteiger partial charge in [0, 0.05) is 67.5 Å². The summed E-state index contributed by atoms with van der Waals surface area (Å²) in [6.45, 7) is 21.5. The third kappa shape index (κ3) is 34.4. The summed E-state index contributed by atoms with van der Waals surface area (Å²) in [5.74, 6) is -0.364. The van der Waals surface area contributed by atoms with Crippen molar-refractivity contribution < 1.29 is 125 Å². The number of aliphatic imine (C=N–C) groups is 1. The molecule has 0 unspecified atom stereocenters. The van der Waals surface area contributed by atoms with Crippen LogP contribution in [0.4, 0.5) is 11.4 Å². The first-order chi connectivity index (χ1) is 47.2. The van der Waals surface area contributed by atoms with Crippen molar-refractivity contribution in [3.8, 4) is 22.3 Å². The Morgan fingerprint density at radius 1 is 0.495 bits per heavy atom. The summed E-state index contributed by atoms with van der Waals surface area (Å²) in [6.07, 6.45) is 5.45. The van der Waals surface area contributed by atoms with Gasteiger partial charge in [-0.2, -0.15) is 13.0 Å². The van der Waals surface area contributed by atoms with Gasteiger partial charge in [0.1, 0.15) is 29.3 Å². The first-order valence-electron chi connectivity index (χ1n) is 30.1. The number of rotatable bonds is 18. The van der Waals surface area contributed by atoms with E-state index in [-0.39, 0.29) is 74.2 Å². The van der Waals surface area contributed by atoms with Crippen molar-refractivity contribution in [3.63, 3.8) is 0 Å². The Balaban J connectivity index is -0.00000139. The van der Waals surface area contributed by atoms with E-state index in [0.717, 1.165) is 79.6 Å². The molecule has 3 aliphatic heterocycles. The highest BCUT2D eigenvalue weighted by Gasteiger charge is 2.44. The van der Waals surface area contributed by atoms with E-state index < -0.39 is 83.9 Å². The summed E-state index contributed by atoms with van der Waals surface area (Å²) in [6, 6.07) is 28.0. The van der Waals surface area contributed by atoms with E-state index >= 15 is 0 Å². The molecule has 40 heteroatoms. The zero-order valence-corrected chi connectivity index (χ0v) is 63.0. The SMILES string of the molecule is C.C.C.CCCC(=O)c1cc(-c2ccc3c4c(ccc3c2)N=C(C)C4(C)C)cc(C(=O)CCC)n1.CCCC(=O)c1cc(-c2ccc3c4c(ccc3c2)[N+](CCCS(=O)(=O)[O-])=C(C)C4(C)C)cc(C(=O)CCC)n1.O=S(=O)=O.O=S(=O)=O.O=S(=O)=O.O=S(=O)=O.O=S(=O)=O.O=S(=O)=O.O=S1(=O)CCCO1. The first kappa shape index (κ1) is 100. The average molecular weight is 1630 g/mol. The molecular formula is C65H84N4O28S8. The Hall–Kier alpha value is -8.74. The number of fused-ring (bicyclic) bond motifs is 6. The van der Waals surface area contributed by atoms with Gasteiger partial charge in [0.05, 0.1) is 33.6 Å². The van der Waals surface area contributed by atoms with E-state index in [4.69, 9.17) is 80.8 Å². The van der Waals surface area contributed by atoms with Crippen molar-refractivity contribution in [2.24, 2.45) is 4.99 Å². The van der Waals surface area contributed by atoms with Crippen molar-refractivity contribution >= 4 is 151 Å². The van der Waals surface area contributed by atoms with Gasteiger partial charge >= 0.3 is 63.7 Å². The van der Waals surface area contributed by atoms with Crippen LogP contribution in [0.15, 0.2) is 89.9 Å². The maximum atomic E-state index is 12.7. The highest BCUT2D eigenvalue weighted by atomic mass is 32.2. The number of carbonyl (C=O) groups is 4. The van der Waals surface area contributed by atoms with Gasteiger partial charge in [0.25, 0.3) is 10.1 Å². The lowest BCUT2D eigenvalue weighted by atomic mass is 9.79. The maximum Gasteiger partial charge on any atom is 0.425 e. The van der Waals surface area contributed by atoms with Crippen LogP contribution in [-0.2, 0) is 98.9 Å². The highest BCUT2D eigenvalue weighted by Crippen LogP contribution is 2.46. The number of aromatic nitrogens is 2. The summed E-state index contributed by atoms with van der Waals surface area (Å²) in [5, 5.41) is 4.42. The molecular weight excluding hydrogens is 1540 g/mol.